The molecule has 0 aromatic carbocycles. The fourth-order valence-corrected chi connectivity index (χ4v) is 0.404. The maximum atomic E-state index is 9.95. The number of aliphatic hydroxyl groups is 1. The van der Waals surface area contributed by atoms with Gasteiger partial charge in [-0.1, -0.05) is 6.92 Å². The van der Waals surface area contributed by atoms with Crippen LogP contribution < -0.4 is 0 Å². The van der Waals surface area contributed by atoms with Crippen molar-refractivity contribution < 1.29 is 14.7 Å². The molecule has 0 aromatic rings. The van der Waals surface area contributed by atoms with Crippen molar-refractivity contribution in [2.45, 2.75) is 19.4 Å². The number of aldehydes is 2. The van der Waals surface area contributed by atoms with Gasteiger partial charge < -0.3 is 14.7 Å². The van der Waals surface area contributed by atoms with Gasteiger partial charge >= 0.3 is 0 Å². The molecule has 2 atom stereocenters. The van der Waals surface area contributed by atoms with Gasteiger partial charge in [-0.15, -0.1) is 0 Å². The minimum Gasteiger partial charge on any atom is -0.392 e. The smallest absolute Gasteiger partial charge is 0.125 e. The van der Waals surface area contributed by atoms with E-state index in [2.05, 4.69) is 0 Å². The average Bonchev–Trinajstić information content (AvgIpc) is 1.87. The van der Waals surface area contributed by atoms with Crippen molar-refractivity contribution in [2.75, 3.05) is 0 Å². The Kier molecular flexibility index (Phi) is 3.88. The van der Waals surface area contributed by atoms with Crippen LogP contribution in [0.15, 0.2) is 0 Å². The zero-order valence-electron chi connectivity index (χ0n) is 5.28. The normalized spacial score (nSPS) is 16.2. The summed E-state index contributed by atoms with van der Waals surface area (Å²) >= 11 is 0. The van der Waals surface area contributed by atoms with Crippen LogP contribution in [0, 0.1) is 5.92 Å². The molecule has 0 radical (unpaired) electrons. The van der Waals surface area contributed by atoms with Crippen LogP contribution in [0.4, 0.5) is 0 Å². The van der Waals surface area contributed by atoms with Crippen LogP contribution >= 0.6 is 0 Å². The summed E-state index contributed by atoms with van der Waals surface area (Å²) in [5, 5.41) is 8.86. The number of hydrogen-bond donors (Lipinski definition) is 1. The highest BCUT2D eigenvalue weighted by atomic mass is 16.3. The van der Waals surface area contributed by atoms with Gasteiger partial charge in [-0.2, -0.15) is 0 Å². The molecule has 0 aliphatic carbocycles. The van der Waals surface area contributed by atoms with Crippen molar-refractivity contribution in [2.24, 2.45) is 5.92 Å². The summed E-state index contributed by atoms with van der Waals surface area (Å²) in [7, 11) is 0. The van der Waals surface area contributed by atoms with Gasteiger partial charge in [-0.25, -0.2) is 0 Å². The number of hydrogen-bond acceptors (Lipinski definition) is 3. The van der Waals surface area contributed by atoms with Crippen LogP contribution in [0.2, 0.25) is 0 Å². The topological polar surface area (TPSA) is 54.4 Å². The molecule has 3 heteroatoms. The molecule has 9 heavy (non-hydrogen) atoms. The maximum Gasteiger partial charge on any atom is 0.125 e. The molecule has 0 rings (SSSR count). The largest absolute Gasteiger partial charge is 0.392 e. The SMILES string of the molecule is CC(C=O)C(O)CC=O. The summed E-state index contributed by atoms with van der Waals surface area (Å²) in [6.45, 7) is 1.57. The Morgan fingerprint density at radius 1 is 1.56 bits per heavy atom. The molecule has 0 aliphatic rings. The van der Waals surface area contributed by atoms with Crippen LogP contribution in [-0.4, -0.2) is 23.8 Å². The van der Waals surface area contributed by atoms with E-state index in [1.165, 1.54) is 0 Å². The Balaban J connectivity index is 3.56. The zero-order chi connectivity index (χ0) is 7.28. The summed E-state index contributed by atoms with van der Waals surface area (Å²) in [6.07, 6.45) is 0.471. The Labute approximate surface area is 53.7 Å². The van der Waals surface area contributed by atoms with Gasteiger partial charge in [0.2, 0.25) is 0 Å². The maximum absolute atomic E-state index is 9.95. The molecular formula is C6H10O3. The molecule has 0 aliphatic heterocycles. The molecule has 0 fully saturated rings. The van der Waals surface area contributed by atoms with E-state index >= 15 is 0 Å². The molecule has 0 amide bonds. The summed E-state index contributed by atoms with van der Waals surface area (Å²) in [5.41, 5.74) is 0. The third-order valence-electron chi connectivity index (χ3n) is 1.16. The highest BCUT2D eigenvalue weighted by Gasteiger charge is 2.11. The summed E-state index contributed by atoms with van der Waals surface area (Å²) in [5.74, 6) is -0.435. The van der Waals surface area contributed by atoms with Crippen molar-refractivity contribution in [3.8, 4) is 0 Å². The van der Waals surface area contributed by atoms with E-state index in [1.54, 1.807) is 6.92 Å². The molecule has 0 saturated carbocycles. The molecule has 52 valence electrons. The lowest BCUT2D eigenvalue weighted by Gasteiger charge is -2.07. The third kappa shape index (κ3) is 2.98. The van der Waals surface area contributed by atoms with E-state index in [0.717, 1.165) is 0 Å². The Morgan fingerprint density at radius 3 is 2.44 bits per heavy atom. The standard InChI is InChI=1S/C6H10O3/c1-5(4-8)6(9)2-3-7/h3-6,9H,2H2,1H3. The molecule has 0 spiro atoms. The minimum atomic E-state index is -0.806. The first kappa shape index (κ1) is 8.30. The van der Waals surface area contributed by atoms with E-state index < -0.39 is 12.0 Å². The molecule has 0 saturated heterocycles. The number of aliphatic hydroxyl groups excluding tert-OH is 1. The number of carbonyl (C=O) groups is 2. The molecular weight excluding hydrogens is 120 g/mol. The van der Waals surface area contributed by atoms with Crippen LogP contribution in [0.1, 0.15) is 13.3 Å². The quantitative estimate of drug-likeness (QED) is 0.535. The van der Waals surface area contributed by atoms with Crippen molar-refractivity contribution in [1.82, 2.24) is 0 Å². The first-order valence-corrected chi connectivity index (χ1v) is 2.79. The first-order chi connectivity index (χ1) is 4.22. The summed E-state index contributed by atoms with van der Waals surface area (Å²) in [4.78, 5) is 19.7. The molecule has 0 aromatic heterocycles. The minimum absolute atomic E-state index is 0.0416. The van der Waals surface area contributed by atoms with E-state index in [0.29, 0.717) is 12.6 Å². The second-order valence-corrected chi connectivity index (χ2v) is 1.96. The number of carbonyl (C=O) groups excluding carboxylic acids is 2. The van der Waals surface area contributed by atoms with Gasteiger partial charge in [-0.05, 0) is 0 Å². The van der Waals surface area contributed by atoms with Gasteiger partial charge in [-0.3, -0.25) is 0 Å². The Hall–Kier alpha value is -0.700. The van der Waals surface area contributed by atoms with Crippen molar-refractivity contribution in [3.63, 3.8) is 0 Å². The first-order valence-electron chi connectivity index (χ1n) is 2.79. The van der Waals surface area contributed by atoms with Gasteiger partial charge in [0.05, 0.1) is 6.10 Å². The van der Waals surface area contributed by atoms with Crippen LogP contribution in [0.5, 0.6) is 0 Å². The van der Waals surface area contributed by atoms with Gasteiger partial charge in [0.25, 0.3) is 0 Å². The van der Waals surface area contributed by atoms with E-state index in [4.69, 9.17) is 5.11 Å². The predicted octanol–water partition coefficient (Wildman–Crippen LogP) is -0.229. The van der Waals surface area contributed by atoms with Crippen LogP contribution in [0.25, 0.3) is 0 Å². The lowest BCUT2D eigenvalue weighted by atomic mass is 10.1. The van der Waals surface area contributed by atoms with Crippen LogP contribution in [0.3, 0.4) is 0 Å². The van der Waals surface area contributed by atoms with E-state index in [9.17, 15) is 9.59 Å². The highest BCUT2D eigenvalue weighted by Crippen LogP contribution is 2.00. The van der Waals surface area contributed by atoms with Crippen LogP contribution in [-0.2, 0) is 9.59 Å². The van der Waals surface area contributed by atoms with Gasteiger partial charge in [0.15, 0.2) is 0 Å². The molecule has 0 heterocycles. The molecule has 1 N–H and O–H groups in total. The fraction of sp³-hybridized carbons (Fsp3) is 0.667. The summed E-state index contributed by atoms with van der Waals surface area (Å²) < 4.78 is 0. The third-order valence-corrected chi connectivity index (χ3v) is 1.16. The highest BCUT2D eigenvalue weighted by molar-refractivity contribution is 5.57. The molecule has 2 unspecified atom stereocenters. The molecule has 0 bridgehead atoms. The van der Waals surface area contributed by atoms with Crippen molar-refractivity contribution in [1.29, 1.82) is 0 Å². The lowest BCUT2D eigenvalue weighted by molar-refractivity contribution is -0.115. The lowest BCUT2D eigenvalue weighted by Crippen LogP contribution is -2.18. The monoisotopic (exact) mass is 130 g/mol. The zero-order valence-corrected chi connectivity index (χ0v) is 5.28. The Morgan fingerprint density at radius 2 is 2.11 bits per heavy atom. The predicted molar refractivity (Wildman–Crippen MR) is 31.9 cm³/mol. The van der Waals surface area contributed by atoms with Gasteiger partial charge in [0.1, 0.15) is 12.6 Å². The second-order valence-electron chi connectivity index (χ2n) is 1.96. The Bertz CT molecular complexity index is 100. The van der Waals surface area contributed by atoms with Crippen molar-refractivity contribution in [3.05, 3.63) is 0 Å². The van der Waals surface area contributed by atoms with Crippen molar-refractivity contribution >= 4 is 12.6 Å². The van der Waals surface area contributed by atoms with E-state index in [1.807, 2.05) is 0 Å². The molecule has 3 nitrogen and oxygen atoms in total. The fourth-order valence-electron chi connectivity index (χ4n) is 0.404. The second kappa shape index (κ2) is 4.21. The average molecular weight is 130 g/mol. The van der Waals surface area contributed by atoms with E-state index in [-0.39, 0.29) is 6.42 Å². The number of rotatable bonds is 4. The summed E-state index contributed by atoms with van der Waals surface area (Å²) in [6, 6.07) is 0. The van der Waals surface area contributed by atoms with Gasteiger partial charge in [0, 0.05) is 12.3 Å².